The van der Waals surface area contributed by atoms with Gasteiger partial charge in [0, 0.05) is 35.6 Å². The molecule has 2 N–H and O–H groups in total. The molecule has 188 valence electrons. The minimum absolute atomic E-state index is 0.170. The Hall–Kier alpha value is -3.02. The first-order valence-electron chi connectivity index (χ1n) is 12.8. The Bertz CT molecular complexity index is 1180. The Morgan fingerprint density at radius 3 is 1.68 bits per heavy atom. The van der Waals surface area contributed by atoms with E-state index >= 15 is 0 Å². The Morgan fingerprint density at radius 1 is 0.757 bits per heavy atom. The molecular weight excluding hydrogens is 520 g/mol. The van der Waals surface area contributed by atoms with Gasteiger partial charge in [-0.25, -0.2) is 0 Å². The third-order valence-corrected chi connectivity index (χ3v) is 8.06. The molecule has 4 heteroatoms. The third kappa shape index (κ3) is 4.95. The number of ether oxygens (including phenoxy) is 1. The van der Waals surface area contributed by atoms with Crippen molar-refractivity contribution < 1.29 is 4.74 Å². The molecule has 1 aliphatic heterocycles. The lowest BCUT2D eigenvalue weighted by Crippen LogP contribution is -2.66. The number of benzene rings is 4. The SMILES string of the molecule is C=CCN1[C@H](COC(c2ccccc2)(c2ccccc2)c2ccccc2)[C@H](c2ccc(Br)cc2)[C@@H]1CN. The van der Waals surface area contributed by atoms with Gasteiger partial charge in [-0.05, 0) is 34.4 Å². The van der Waals surface area contributed by atoms with Gasteiger partial charge in [-0.2, -0.15) is 0 Å². The first-order chi connectivity index (χ1) is 18.2. The standard InChI is InChI=1S/C33H33BrN2O/c1-2-22-36-30(23-35)32(25-18-20-29(34)21-19-25)31(36)24-37-33(26-12-6-3-7-13-26,27-14-8-4-9-15-27)28-16-10-5-11-17-28/h2-21,30-32H,1,22-24,35H2/t30-,31+,32+/m0/s1. The maximum absolute atomic E-state index is 7.21. The molecule has 3 nitrogen and oxygen atoms in total. The lowest BCUT2D eigenvalue weighted by molar-refractivity contribution is -0.0862. The van der Waals surface area contributed by atoms with Crippen molar-refractivity contribution in [2.45, 2.75) is 23.6 Å². The molecule has 0 amide bonds. The molecule has 1 saturated heterocycles. The molecule has 4 aromatic carbocycles. The summed E-state index contributed by atoms with van der Waals surface area (Å²) in [6, 6.07) is 40.7. The summed E-state index contributed by atoms with van der Waals surface area (Å²) < 4.78 is 8.29. The van der Waals surface area contributed by atoms with Crippen molar-refractivity contribution in [1.29, 1.82) is 0 Å². The summed E-state index contributed by atoms with van der Waals surface area (Å²) in [6.45, 7) is 5.93. The summed E-state index contributed by atoms with van der Waals surface area (Å²) in [5.41, 5.74) is 10.2. The monoisotopic (exact) mass is 552 g/mol. The van der Waals surface area contributed by atoms with Crippen molar-refractivity contribution in [3.8, 4) is 0 Å². The van der Waals surface area contributed by atoms with Crippen LogP contribution in [0.1, 0.15) is 28.2 Å². The topological polar surface area (TPSA) is 38.5 Å². The first kappa shape index (κ1) is 25.6. The molecule has 5 rings (SSSR count). The van der Waals surface area contributed by atoms with Crippen LogP contribution in [0.25, 0.3) is 0 Å². The van der Waals surface area contributed by atoms with E-state index in [0.717, 1.165) is 27.7 Å². The summed E-state index contributed by atoms with van der Waals surface area (Å²) in [7, 11) is 0. The average molecular weight is 554 g/mol. The Morgan fingerprint density at radius 2 is 1.24 bits per heavy atom. The fraction of sp³-hybridized carbons (Fsp3) is 0.212. The highest BCUT2D eigenvalue weighted by Crippen LogP contribution is 2.45. The summed E-state index contributed by atoms with van der Waals surface area (Å²) in [5, 5.41) is 0. The van der Waals surface area contributed by atoms with Crippen LogP contribution in [0.15, 0.2) is 132 Å². The smallest absolute Gasteiger partial charge is 0.143 e. The molecule has 0 saturated carbocycles. The second-order valence-corrected chi connectivity index (χ2v) is 10.4. The van der Waals surface area contributed by atoms with Crippen LogP contribution in [0, 0.1) is 0 Å². The van der Waals surface area contributed by atoms with Crippen molar-refractivity contribution in [2.75, 3.05) is 19.7 Å². The zero-order valence-corrected chi connectivity index (χ0v) is 22.5. The van der Waals surface area contributed by atoms with Crippen LogP contribution in [0.2, 0.25) is 0 Å². The van der Waals surface area contributed by atoms with E-state index in [1.807, 2.05) is 6.08 Å². The number of hydrogen-bond donors (Lipinski definition) is 1. The van der Waals surface area contributed by atoms with E-state index in [2.05, 4.69) is 143 Å². The van der Waals surface area contributed by atoms with Crippen LogP contribution >= 0.6 is 15.9 Å². The lowest BCUT2D eigenvalue weighted by Gasteiger charge is -2.55. The summed E-state index contributed by atoms with van der Waals surface area (Å²) >= 11 is 3.58. The predicted molar refractivity (Wildman–Crippen MR) is 156 cm³/mol. The lowest BCUT2D eigenvalue weighted by atomic mass is 9.74. The highest BCUT2D eigenvalue weighted by Gasteiger charge is 2.49. The summed E-state index contributed by atoms with van der Waals surface area (Å²) in [4.78, 5) is 2.44. The normalized spacial score (nSPS) is 19.8. The van der Waals surface area contributed by atoms with E-state index in [1.165, 1.54) is 5.56 Å². The van der Waals surface area contributed by atoms with Gasteiger partial charge in [0.2, 0.25) is 0 Å². The van der Waals surface area contributed by atoms with Crippen molar-refractivity contribution in [3.05, 3.63) is 155 Å². The van der Waals surface area contributed by atoms with Gasteiger partial charge in [-0.15, -0.1) is 6.58 Å². The molecule has 0 radical (unpaired) electrons. The molecule has 4 aromatic rings. The maximum Gasteiger partial charge on any atom is 0.143 e. The molecule has 1 aliphatic rings. The van der Waals surface area contributed by atoms with E-state index in [1.54, 1.807) is 0 Å². The quantitative estimate of drug-likeness (QED) is 0.175. The minimum Gasteiger partial charge on any atom is -0.359 e. The molecule has 0 aliphatic carbocycles. The molecule has 0 bridgehead atoms. The van der Waals surface area contributed by atoms with Gasteiger partial charge in [-0.1, -0.05) is 125 Å². The van der Waals surface area contributed by atoms with Crippen molar-refractivity contribution in [1.82, 2.24) is 4.90 Å². The zero-order chi connectivity index (χ0) is 25.7. The van der Waals surface area contributed by atoms with Gasteiger partial charge in [-0.3, -0.25) is 4.90 Å². The van der Waals surface area contributed by atoms with E-state index in [9.17, 15) is 0 Å². The van der Waals surface area contributed by atoms with Gasteiger partial charge < -0.3 is 10.5 Å². The van der Waals surface area contributed by atoms with E-state index < -0.39 is 5.60 Å². The second-order valence-electron chi connectivity index (χ2n) is 9.52. The highest BCUT2D eigenvalue weighted by atomic mass is 79.9. The van der Waals surface area contributed by atoms with Crippen LogP contribution in [-0.4, -0.2) is 36.7 Å². The first-order valence-corrected chi connectivity index (χ1v) is 13.6. The van der Waals surface area contributed by atoms with Crippen LogP contribution in [-0.2, 0) is 10.3 Å². The molecule has 1 heterocycles. The number of nitrogens with two attached hydrogens (primary N) is 1. The largest absolute Gasteiger partial charge is 0.359 e. The fourth-order valence-electron chi connectivity index (χ4n) is 5.82. The van der Waals surface area contributed by atoms with Gasteiger partial charge in [0.1, 0.15) is 5.60 Å². The molecule has 37 heavy (non-hydrogen) atoms. The number of rotatable bonds is 10. The average Bonchev–Trinajstić information content (AvgIpc) is 2.95. The molecule has 0 aromatic heterocycles. The van der Waals surface area contributed by atoms with Crippen molar-refractivity contribution in [3.63, 3.8) is 0 Å². The second kappa shape index (κ2) is 11.6. The zero-order valence-electron chi connectivity index (χ0n) is 20.9. The maximum atomic E-state index is 7.21. The van der Waals surface area contributed by atoms with Crippen molar-refractivity contribution >= 4 is 15.9 Å². The van der Waals surface area contributed by atoms with E-state index in [0.29, 0.717) is 13.2 Å². The fourth-order valence-corrected chi connectivity index (χ4v) is 6.09. The van der Waals surface area contributed by atoms with E-state index in [-0.39, 0.29) is 18.0 Å². The summed E-state index contributed by atoms with van der Waals surface area (Å²) in [5.74, 6) is 0.276. The summed E-state index contributed by atoms with van der Waals surface area (Å²) in [6.07, 6.45) is 1.96. The van der Waals surface area contributed by atoms with Gasteiger partial charge in [0.05, 0.1) is 6.61 Å². The number of halogens is 1. The number of hydrogen-bond acceptors (Lipinski definition) is 3. The number of likely N-dealkylation sites (tertiary alicyclic amines) is 1. The van der Waals surface area contributed by atoms with Crippen LogP contribution in [0.3, 0.4) is 0 Å². The van der Waals surface area contributed by atoms with E-state index in [4.69, 9.17) is 10.5 Å². The minimum atomic E-state index is -0.748. The third-order valence-electron chi connectivity index (χ3n) is 7.53. The van der Waals surface area contributed by atoms with Crippen molar-refractivity contribution in [2.24, 2.45) is 5.73 Å². The van der Waals surface area contributed by atoms with Crippen LogP contribution < -0.4 is 5.73 Å². The Balaban J connectivity index is 1.58. The number of nitrogens with zero attached hydrogens (tertiary/aromatic N) is 1. The highest BCUT2D eigenvalue weighted by molar-refractivity contribution is 9.10. The molecule has 0 spiro atoms. The molecular formula is C33H33BrN2O. The Labute approximate surface area is 228 Å². The van der Waals surface area contributed by atoms with Gasteiger partial charge in [0.25, 0.3) is 0 Å². The van der Waals surface area contributed by atoms with Gasteiger partial charge >= 0.3 is 0 Å². The van der Waals surface area contributed by atoms with Crippen LogP contribution in [0.5, 0.6) is 0 Å². The van der Waals surface area contributed by atoms with Crippen LogP contribution in [0.4, 0.5) is 0 Å². The van der Waals surface area contributed by atoms with Gasteiger partial charge in [0.15, 0.2) is 0 Å². The molecule has 3 atom stereocenters. The molecule has 0 unspecified atom stereocenters. The Kier molecular flexibility index (Phi) is 8.02. The predicted octanol–water partition coefficient (Wildman–Crippen LogP) is 6.74. The molecule has 1 fully saturated rings.